The standard InChI is InChI=1S/C9H11F3N2O2S2/c1-6-13-7(3-18-6)2-17-4-8(15)14-16-5-9(10,11)12/h3H,2,4-5H2,1H3,(H,14,15). The first-order valence-electron chi connectivity index (χ1n) is 4.83. The first-order valence-corrected chi connectivity index (χ1v) is 6.86. The minimum atomic E-state index is -4.45. The fourth-order valence-electron chi connectivity index (χ4n) is 0.951. The number of hydrogen-bond donors (Lipinski definition) is 1. The molecule has 1 N–H and O–H groups in total. The van der Waals surface area contributed by atoms with Crippen LogP contribution in [0.5, 0.6) is 0 Å². The van der Waals surface area contributed by atoms with Crippen LogP contribution in [0.3, 0.4) is 0 Å². The van der Waals surface area contributed by atoms with E-state index in [0.29, 0.717) is 5.75 Å². The Morgan fingerprint density at radius 3 is 2.89 bits per heavy atom. The molecule has 0 spiro atoms. The highest BCUT2D eigenvalue weighted by atomic mass is 32.2. The van der Waals surface area contributed by atoms with Crippen molar-refractivity contribution in [1.29, 1.82) is 0 Å². The minimum absolute atomic E-state index is 0.0223. The Balaban J connectivity index is 2.10. The van der Waals surface area contributed by atoms with Gasteiger partial charge >= 0.3 is 6.18 Å². The monoisotopic (exact) mass is 300 g/mol. The van der Waals surface area contributed by atoms with Crippen LogP contribution in [-0.2, 0) is 15.4 Å². The number of thiazole rings is 1. The Labute approximate surface area is 110 Å². The maximum Gasteiger partial charge on any atom is 0.414 e. The zero-order valence-electron chi connectivity index (χ0n) is 9.41. The molecule has 1 aromatic heterocycles. The number of aromatic nitrogens is 1. The summed E-state index contributed by atoms with van der Waals surface area (Å²) in [5.74, 6) is -0.0398. The molecule has 0 aliphatic carbocycles. The average molecular weight is 300 g/mol. The lowest BCUT2D eigenvalue weighted by Gasteiger charge is -2.07. The number of carbonyl (C=O) groups excluding carboxylic acids is 1. The molecule has 9 heteroatoms. The van der Waals surface area contributed by atoms with Crippen molar-refractivity contribution < 1.29 is 22.8 Å². The number of alkyl halides is 3. The molecule has 0 saturated carbocycles. The molecule has 0 fully saturated rings. The van der Waals surface area contributed by atoms with Gasteiger partial charge in [-0.15, -0.1) is 23.1 Å². The molecule has 0 unspecified atom stereocenters. The second kappa shape index (κ2) is 6.95. The van der Waals surface area contributed by atoms with Crippen LogP contribution >= 0.6 is 23.1 Å². The number of halogens is 3. The number of rotatable bonds is 6. The lowest BCUT2D eigenvalue weighted by molar-refractivity contribution is -0.191. The van der Waals surface area contributed by atoms with Crippen LogP contribution in [0.15, 0.2) is 5.38 Å². The maximum atomic E-state index is 11.7. The molecule has 0 aliphatic rings. The smallest absolute Gasteiger partial charge is 0.272 e. The van der Waals surface area contributed by atoms with E-state index >= 15 is 0 Å². The fourth-order valence-corrected chi connectivity index (χ4v) is 2.37. The first-order chi connectivity index (χ1) is 8.37. The average Bonchev–Trinajstić information content (AvgIpc) is 2.62. The van der Waals surface area contributed by atoms with E-state index in [9.17, 15) is 18.0 Å². The lowest BCUT2D eigenvalue weighted by atomic mass is 10.6. The van der Waals surface area contributed by atoms with Crippen molar-refractivity contribution in [2.45, 2.75) is 18.9 Å². The second-order valence-corrected chi connectivity index (χ2v) is 5.33. The van der Waals surface area contributed by atoms with Gasteiger partial charge in [0.25, 0.3) is 5.91 Å². The van der Waals surface area contributed by atoms with Crippen molar-refractivity contribution in [3.63, 3.8) is 0 Å². The van der Waals surface area contributed by atoms with E-state index in [0.717, 1.165) is 10.7 Å². The summed E-state index contributed by atoms with van der Waals surface area (Å²) >= 11 is 2.76. The number of carbonyl (C=O) groups is 1. The van der Waals surface area contributed by atoms with Gasteiger partial charge in [-0.25, -0.2) is 10.5 Å². The molecular formula is C9H11F3N2O2S2. The summed E-state index contributed by atoms with van der Waals surface area (Å²) in [4.78, 5) is 19.3. The molecule has 0 radical (unpaired) electrons. The Morgan fingerprint density at radius 1 is 1.61 bits per heavy atom. The number of nitrogens with one attached hydrogen (secondary N) is 1. The van der Waals surface area contributed by atoms with E-state index in [2.05, 4.69) is 9.82 Å². The summed E-state index contributed by atoms with van der Waals surface area (Å²) in [5, 5.41) is 2.81. The quantitative estimate of drug-likeness (QED) is 0.819. The van der Waals surface area contributed by atoms with E-state index in [-0.39, 0.29) is 5.75 Å². The number of hydrogen-bond acceptors (Lipinski definition) is 5. The lowest BCUT2D eigenvalue weighted by Crippen LogP contribution is -2.30. The van der Waals surface area contributed by atoms with Crippen molar-refractivity contribution in [2.24, 2.45) is 0 Å². The Bertz CT molecular complexity index is 395. The molecule has 1 rings (SSSR count). The Hall–Kier alpha value is -0.800. The zero-order chi connectivity index (χ0) is 13.6. The van der Waals surface area contributed by atoms with Gasteiger partial charge in [0.1, 0.15) is 0 Å². The van der Waals surface area contributed by atoms with Gasteiger partial charge in [0, 0.05) is 11.1 Å². The van der Waals surface area contributed by atoms with Crippen molar-refractivity contribution >= 4 is 29.0 Å². The summed E-state index contributed by atoms with van der Waals surface area (Å²) in [6.45, 7) is 0.380. The van der Waals surface area contributed by atoms with E-state index in [1.165, 1.54) is 23.1 Å². The van der Waals surface area contributed by atoms with Gasteiger partial charge in [-0.1, -0.05) is 0 Å². The minimum Gasteiger partial charge on any atom is -0.272 e. The van der Waals surface area contributed by atoms with Crippen LogP contribution in [0.1, 0.15) is 10.7 Å². The first kappa shape index (κ1) is 15.3. The third kappa shape index (κ3) is 6.82. The van der Waals surface area contributed by atoms with Gasteiger partial charge in [-0.3, -0.25) is 9.63 Å². The molecule has 18 heavy (non-hydrogen) atoms. The van der Waals surface area contributed by atoms with Gasteiger partial charge < -0.3 is 0 Å². The summed E-state index contributed by atoms with van der Waals surface area (Å²) in [7, 11) is 0. The van der Waals surface area contributed by atoms with Gasteiger partial charge in [0.05, 0.1) is 16.5 Å². The van der Waals surface area contributed by atoms with Crippen molar-refractivity contribution in [2.75, 3.05) is 12.4 Å². The third-order valence-corrected chi connectivity index (χ3v) is 3.36. The molecule has 1 heterocycles. The summed E-state index contributed by atoms with van der Waals surface area (Å²) in [6.07, 6.45) is -4.45. The van der Waals surface area contributed by atoms with Gasteiger partial charge in [-0.05, 0) is 6.92 Å². The van der Waals surface area contributed by atoms with E-state index < -0.39 is 18.7 Å². The number of hydroxylamine groups is 1. The molecule has 0 bridgehead atoms. The fraction of sp³-hybridized carbons (Fsp3) is 0.556. The van der Waals surface area contributed by atoms with Crippen molar-refractivity contribution in [1.82, 2.24) is 10.5 Å². The molecule has 102 valence electrons. The highest BCUT2D eigenvalue weighted by Crippen LogP contribution is 2.15. The summed E-state index contributed by atoms with van der Waals surface area (Å²) < 4.78 is 35.1. The Morgan fingerprint density at radius 2 is 2.33 bits per heavy atom. The molecule has 4 nitrogen and oxygen atoms in total. The van der Waals surface area contributed by atoms with Gasteiger partial charge in [-0.2, -0.15) is 13.2 Å². The molecular weight excluding hydrogens is 289 g/mol. The summed E-state index contributed by atoms with van der Waals surface area (Å²) in [6, 6.07) is 0. The normalized spacial score (nSPS) is 11.6. The number of thioether (sulfide) groups is 1. The number of nitrogens with zero attached hydrogens (tertiary/aromatic N) is 1. The van der Waals surface area contributed by atoms with Crippen LogP contribution in [-0.4, -0.2) is 29.4 Å². The van der Waals surface area contributed by atoms with Gasteiger partial charge in [0.2, 0.25) is 0 Å². The van der Waals surface area contributed by atoms with Crippen molar-refractivity contribution in [3.8, 4) is 0 Å². The van der Waals surface area contributed by atoms with E-state index in [1.54, 1.807) is 5.48 Å². The van der Waals surface area contributed by atoms with Crippen LogP contribution in [0.25, 0.3) is 0 Å². The highest BCUT2D eigenvalue weighted by Gasteiger charge is 2.28. The zero-order valence-corrected chi connectivity index (χ0v) is 11.0. The topological polar surface area (TPSA) is 51.2 Å². The van der Waals surface area contributed by atoms with Crippen LogP contribution in [0, 0.1) is 6.92 Å². The van der Waals surface area contributed by atoms with E-state index in [4.69, 9.17) is 0 Å². The largest absolute Gasteiger partial charge is 0.414 e. The predicted octanol–water partition coefficient (Wildman–Crippen LogP) is 2.29. The molecule has 0 aliphatic heterocycles. The Kier molecular flexibility index (Phi) is 5.89. The SMILES string of the molecule is Cc1nc(CSCC(=O)NOCC(F)(F)F)cs1. The summed E-state index contributed by atoms with van der Waals surface area (Å²) in [5.41, 5.74) is 2.59. The van der Waals surface area contributed by atoms with Crippen molar-refractivity contribution in [3.05, 3.63) is 16.1 Å². The molecule has 1 amide bonds. The van der Waals surface area contributed by atoms with Crippen LogP contribution in [0.4, 0.5) is 13.2 Å². The molecule has 0 saturated heterocycles. The number of aryl methyl sites for hydroxylation is 1. The second-order valence-electron chi connectivity index (χ2n) is 3.28. The van der Waals surface area contributed by atoms with Gasteiger partial charge in [0.15, 0.2) is 6.61 Å². The predicted molar refractivity (Wildman–Crippen MR) is 63.2 cm³/mol. The maximum absolute atomic E-state index is 11.7. The van der Waals surface area contributed by atoms with E-state index in [1.807, 2.05) is 12.3 Å². The molecule has 0 aromatic carbocycles. The van der Waals surface area contributed by atoms with Crippen LogP contribution < -0.4 is 5.48 Å². The number of amides is 1. The van der Waals surface area contributed by atoms with Crippen LogP contribution in [0.2, 0.25) is 0 Å². The highest BCUT2D eigenvalue weighted by molar-refractivity contribution is 7.99. The molecule has 0 atom stereocenters. The third-order valence-electron chi connectivity index (χ3n) is 1.57. The molecule has 1 aromatic rings.